The molecular weight excluding hydrogens is 266 g/mol. The predicted molar refractivity (Wildman–Crippen MR) is 69.1 cm³/mol. The maximum Gasteiger partial charge on any atom is 0.0768 e. The lowest BCUT2D eigenvalue weighted by atomic mass is 10.1. The van der Waals surface area contributed by atoms with Gasteiger partial charge in [0, 0.05) is 18.1 Å². The van der Waals surface area contributed by atoms with Crippen molar-refractivity contribution in [3.05, 3.63) is 40.5 Å². The van der Waals surface area contributed by atoms with Crippen molar-refractivity contribution in [1.29, 1.82) is 0 Å². The van der Waals surface area contributed by atoms with Crippen molar-refractivity contribution < 1.29 is 0 Å². The van der Waals surface area contributed by atoms with E-state index in [9.17, 15) is 0 Å². The molecule has 4 heteroatoms. The number of halogens is 1. The molecule has 1 heterocycles. The lowest BCUT2D eigenvalue weighted by molar-refractivity contribution is 0.716. The fraction of sp³-hybridized carbons (Fsp3) is 0.250. The summed E-state index contributed by atoms with van der Waals surface area (Å²) in [5.74, 6) is 0. The molecule has 0 unspecified atom stereocenters. The summed E-state index contributed by atoms with van der Waals surface area (Å²) in [6.07, 6.45) is 0. The normalized spacial score (nSPS) is 10.7. The first-order valence-corrected chi connectivity index (χ1v) is 5.93. The zero-order valence-corrected chi connectivity index (χ0v) is 11.0. The average Bonchev–Trinajstić information content (AvgIpc) is 2.61. The van der Waals surface area contributed by atoms with Crippen LogP contribution >= 0.6 is 15.9 Å². The van der Waals surface area contributed by atoms with Crippen molar-refractivity contribution in [2.75, 3.05) is 7.05 Å². The molecule has 2 aromatic rings. The van der Waals surface area contributed by atoms with Crippen LogP contribution in [0.25, 0.3) is 11.3 Å². The topological polar surface area (TPSA) is 29.9 Å². The Balaban J connectivity index is 2.36. The molecule has 0 bridgehead atoms. The number of aryl methyl sites for hydroxylation is 1. The van der Waals surface area contributed by atoms with Gasteiger partial charge in [0.1, 0.15) is 0 Å². The lowest BCUT2D eigenvalue weighted by Crippen LogP contribution is -2.05. The van der Waals surface area contributed by atoms with Crippen LogP contribution in [0.1, 0.15) is 5.69 Å². The Bertz CT molecular complexity index is 474. The molecule has 0 radical (unpaired) electrons. The van der Waals surface area contributed by atoms with Gasteiger partial charge in [-0.1, -0.05) is 28.1 Å². The van der Waals surface area contributed by atoms with Crippen molar-refractivity contribution in [3.8, 4) is 11.3 Å². The van der Waals surface area contributed by atoms with Crippen LogP contribution in [-0.4, -0.2) is 16.8 Å². The van der Waals surface area contributed by atoms with E-state index in [1.54, 1.807) is 0 Å². The summed E-state index contributed by atoms with van der Waals surface area (Å²) in [6.45, 7) is 0.796. The van der Waals surface area contributed by atoms with Crippen LogP contribution in [0, 0.1) is 0 Å². The largest absolute Gasteiger partial charge is 0.314 e. The van der Waals surface area contributed by atoms with Gasteiger partial charge in [0.2, 0.25) is 0 Å². The highest BCUT2D eigenvalue weighted by atomic mass is 79.9. The van der Waals surface area contributed by atoms with Crippen LogP contribution in [0.4, 0.5) is 0 Å². The summed E-state index contributed by atoms with van der Waals surface area (Å²) in [5.41, 5.74) is 3.38. The predicted octanol–water partition coefficient (Wildman–Crippen LogP) is 2.57. The minimum Gasteiger partial charge on any atom is -0.314 e. The SMILES string of the molecule is CNCc1cc(-c2ccc(Br)cc2)n(C)n1. The Hall–Kier alpha value is -1.13. The minimum absolute atomic E-state index is 0.796. The fourth-order valence-electron chi connectivity index (χ4n) is 1.68. The first-order valence-electron chi connectivity index (χ1n) is 5.14. The Kier molecular flexibility index (Phi) is 3.41. The van der Waals surface area contributed by atoms with E-state index >= 15 is 0 Å². The van der Waals surface area contributed by atoms with Crippen LogP contribution < -0.4 is 5.32 Å². The van der Waals surface area contributed by atoms with Crippen LogP contribution in [0.5, 0.6) is 0 Å². The van der Waals surface area contributed by atoms with Gasteiger partial charge < -0.3 is 5.32 Å². The van der Waals surface area contributed by atoms with Gasteiger partial charge in [-0.2, -0.15) is 5.10 Å². The molecule has 16 heavy (non-hydrogen) atoms. The van der Waals surface area contributed by atoms with Crippen molar-refractivity contribution in [3.63, 3.8) is 0 Å². The Labute approximate surface area is 104 Å². The second-order valence-electron chi connectivity index (χ2n) is 3.68. The molecule has 2 rings (SSSR count). The zero-order valence-electron chi connectivity index (χ0n) is 9.37. The second-order valence-corrected chi connectivity index (χ2v) is 4.60. The first-order chi connectivity index (χ1) is 7.70. The number of aromatic nitrogens is 2. The highest BCUT2D eigenvalue weighted by molar-refractivity contribution is 9.10. The van der Waals surface area contributed by atoms with Crippen LogP contribution in [0.2, 0.25) is 0 Å². The molecule has 0 saturated heterocycles. The summed E-state index contributed by atoms with van der Waals surface area (Å²) in [5, 5.41) is 7.54. The number of rotatable bonds is 3. The molecule has 0 spiro atoms. The van der Waals surface area contributed by atoms with E-state index in [4.69, 9.17) is 0 Å². The lowest BCUT2D eigenvalue weighted by Gasteiger charge is -2.01. The van der Waals surface area contributed by atoms with E-state index in [1.165, 1.54) is 5.56 Å². The number of hydrogen-bond acceptors (Lipinski definition) is 2. The Morgan fingerprint density at radius 1 is 1.31 bits per heavy atom. The molecule has 3 nitrogen and oxygen atoms in total. The number of benzene rings is 1. The minimum atomic E-state index is 0.796. The summed E-state index contributed by atoms with van der Waals surface area (Å²) < 4.78 is 3.00. The van der Waals surface area contributed by atoms with Gasteiger partial charge in [0.05, 0.1) is 11.4 Å². The molecule has 0 aliphatic rings. The second kappa shape index (κ2) is 4.80. The third-order valence-corrected chi connectivity index (χ3v) is 2.96. The molecule has 1 aromatic carbocycles. The standard InChI is InChI=1S/C12H14BrN3/c1-14-8-11-7-12(16(2)15-11)9-3-5-10(13)6-4-9/h3-7,14H,8H2,1-2H3. The van der Waals surface area contributed by atoms with Gasteiger partial charge in [0.15, 0.2) is 0 Å². The maximum absolute atomic E-state index is 4.44. The Morgan fingerprint density at radius 3 is 2.62 bits per heavy atom. The van der Waals surface area contributed by atoms with Crippen LogP contribution in [0.15, 0.2) is 34.8 Å². The molecule has 0 atom stereocenters. The van der Waals surface area contributed by atoms with Crippen molar-refractivity contribution in [2.24, 2.45) is 7.05 Å². The third-order valence-electron chi connectivity index (χ3n) is 2.43. The molecule has 0 saturated carbocycles. The van der Waals surface area contributed by atoms with E-state index < -0.39 is 0 Å². The van der Waals surface area contributed by atoms with Gasteiger partial charge in [-0.05, 0) is 30.8 Å². The molecule has 0 amide bonds. The molecule has 1 aromatic heterocycles. The van der Waals surface area contributed by atoms with E-state index in [1.807, 2.05) is 30.9 Å². The van der Waals surface area contributed by atoms with Gasteiger partial charge >= 0.3 is 0 Å². The third kappa shape index (κ3) is 2.33. The monoisotopic (exact) mass is 279 g/mol. The van der Waals surface area contributed by atoms with E-state index in [2.05, 4.69) is 44.5 Å². The zero-order chi connectivity index (χ0) is 11.5. The first kappa shape index (κ1) is 11.4. The number of nitrogens with one attached hydrogen (secondary N) is 1. The number of hydrogen-bond donors (Lipinski definition) is 1. The van der Waals surface area contributed by atoms with Crippen molar-refractivity contribution in [2.45, 2.75) is 6.54 Å². The summed E-state index contributed by atoms with van der Waals surface area (Å²) in [4.78, 5) is 0. The van der Waals surface area contributed by atoms with Gasteiger partial charge in [-0.3, -0.25) is 4.68 Å². The molecule has 84 valence electrons. The summed E-state index contributed by atoms with van der Waals surface area (Å²) in [7, 11) is 3.89. The average molecular weight is 280 g/mol. The fourth-order valence-corrected chi connectivity index (χ4v) is 1.95. The molecule has 0 fully saturated rings. The Morgan fingerprint density at radius 2 is 2.00 bits per heavy atom. The van der Waals surface area contributed by atoms with Crippen LogP contribution in [0.3, 0.4) is 0 Å². The van der Waals surface area contributed by atoms with E-state index in [0.717, 1.165) is 22.4 Å². The molecular formula is C12H14BrN3. The summed E-state index contributed by atoms with van der Waals surface area (Å²) in [6, 6.07) is 10.4. The smallest absolute Gasteiger partial charge is 0.0768 e. The van der Waals surface area contributed by atoms with Crippen LogP contribution in [-0.2, 0) is 13.6 Å². The van der Waals surface area contributed by atoms with Gasteiger partial charge in [-0.15, -0.1) is 0 Å². The highest BCUT2D eigenvalue weighted by Gasteiger charge is 2.06. The van der Waals surface area contributed by atoms with Crippen molar-refractivity contribution >= 4 is 15.9 Å². The van der Waals surface area contributed by atoms with Gasteiger partial charge in [-0.25, -0.2) is 0 Å². The number of nitrogens with zero attached hydrogens (tertiary/aromatic N) is 2. The van der Waals surface area contributed by atoms with Gasteiger partial charge in [0.25, 0.3) is 0 Å². The van der Waals surface area contributed by atoms with E-state index in [0.29, 0.717) is 0 Å². The highest BCUT2D eigenvalue weighted by Crippen LogP contribution is 2.22. The maximum atomic E-state index is 4.44. The molecule has 1 N–H and O–H groups in total. The quantitative estimate of drug-likeness (QED) is 0.936. The van der Waals surface area contributed by atoms with E-state index in [-0.39, 0.29) is 0 Å². The van der Waals surface area contributed by atoms with Crippen molar-refractivity contribution in [1.82, 2.24) is 15.1 Å². The molecule has 0 aliphatic heterocycles. The summed E-state index contributed by atoms with van der Waals surface area (Å²) >= 11 is 3.43. The molecule has 0 aliphatic carbocycles.